The van der Waals surface area contributed by atoms with Gasteiger partial charge in [0.05, 0.1) is 46.9 Å². The molecule has 7 nitrogen and oxygen atoms in total. The van der Waals surface area contributed by atoms with E-state index < -0.39 is 0 Å². The maximum Gasteiger partial charge on any atom is 0.142 e. The molecule has 0 aromatic heterocycles. The number of benzene rings is 3. The molecular weight excluding hydrogens is 497 g/mol. The van der Waals surface area contributed by atoms with Gasteiger partial charge in [0.15, 0.2) is 0 Å². The van der Waals surface area contributed by atoms with Crippen LogP contribution in [0.3, 0.4) is 0 Å². The van der Waals surface area contributed by atoms with Crippen LogP contribution < -0.4 is 20.1 Å². The van der Waals surface area contributed by atoms with E-state index in [1.807, 2.05) is 12.1 Å². The molecule has 0 saturated carbocycles. The van der Waals surface area contributed by atoms with Gasteiger partial charge in [-0.2, -0.15) is 5.26 Å². The number of rotatable bonds is 9. The number of fused-ring (bicyclic) bond motifs is 1. The van der Waals surface area contributed by atoms with Crippen LogP contribution in [0.1, 0.15) is 12.0 Å². The molecule has 0 bridgehead atoms. The van der Waals surface area contributed by atoms with Crippen molar-refractivity contribution in [3.8, 4) is 17.6 Å². The number of hydrogen-bond acceptors (Lipinski definition) is 7. The van der Waals surface area contributed by atoms with Crippen molar-refractivity contribution in [3.63, 3.8) is 0 Å². The quantitative estimate of drug-likeness (QED) is 0.339. The molecule has 0 unspecified atom stereocenters. The molecule has 0 aliphatic carbocycles. The van der Waals surface area contributed by atoms with E-state index in [0.717, 1.165) is 62.1 Å². The number of ether oxygens (including phenoxy) is 2. The summed E-state index contributed by atoms with van der Waals surface area (Å²) in [5.41, 5.74) is 2.64. The van der Waals surface area contributed by atoms with E-state index in [1.54, 1.807) is 32.4 Å². The van der Waals surface area contributed by atoms with Crippen molar-refractivity contribution in [3.05, 3.63) is 52.0 Å². The fourth-order valence-electron chi connectivity index (χ4n) is 4.40. The van der Waals surface area contributed by atoms with Crippen molar-refractivity contribution in [1.29, 1.82) is 5.26 Å². The molecular formula is C27H31Cl2N5O2. The summed E-state index contributed by atoms with van der Waals surface area (Å²) in [4.78, 5) is 4.88. The molecule has 0 amide bonds. The molecule has 1 heterocycles. The first-order valence-corrected chi connectivity index (χ1v) is 12.7. The third-order valence-corrected chi connectivity index (χ3v) is 7.13. The molecule has 1 fully saturated rings. The molecule has 3 aromatic rings. The zero-order valence-corrected chi connectivity index (χ0v) is 22.3. The van der Waals surface area contributed by atoms with Crippen LogP contribution in [0.2, 0.25) is 10.0 Å². The Bertz CT molecular complexity index is 1270. The van der Waals surface area contributed by atoms with Gasteiger partial charge in [-0.1, -0.05) is 29.3 Å². The van der Waals surface area contributed by atoms with Gasteiger partial charge in [0.1, 0.15) is 17.6 Å². The van der Waals surface area contributed by atoms with Crippen LogP contribution in [0.15, 0.2) is 36.4 Å². The van der Waals surface area contributed by atoms with Crippen LogP contribution >= 0.6 is 23.2 Å². The largest absolute Gasteiger partial charge is 0.495 e. The van der Waals surface area contributed by atoms with Crippen LogP contribution in [-0.2, 0) is 0 Å². The van der Waals surface area contributed by atoms with Gasteiger partial charge in [-0.25, -0.2) is 0 Å². The molecule has 0 spiro atoms. The average Bonchev–Trinajstić information content (AvgIpc) is 2.88. The Morgan fingerprint density at radius 3 is 2.39 bits per heavy atom. The number of piperazine rings is 1. The number of anilines is 3. The molecule has 0 radical (unpaired) electrons. The lowest BCUT2D eigenvalue weighted by atomic mass is 10.0. The Hall–Kier alpha value is -2.89. The smallest absolute Gasteiger partial charge is 0.142 e. The van der Waals surface area contributed by atoms with Crippen LogP contribution in [0.25, 0.3) is 10.8 Å². The van der Waals surface area contributed by atoms with E-state index >= 15 is 0 Å². The standard InChI is InChI=1S/C27H31Cl2N5O2/c1-33-9-11-34(12-10-33)8-4-7-31-24-13-18-5-6-19(17-30)27(20(18)14-26(24)36-3)32-23-16-25(35-2)22(29)15-21(23)28/h5-6,13-16,31-32H,4,7-12H2,1-3H3. The number of halogens is 2. The fraction of sp³-hybridized carbons (Fsp3) is 0.370. The highest BCUT2D eigenvalue weighted by molar-refractivity contribution is 6.37. The third kappa shape index (κ3) is 5.91. The highest BCUT2D eigenvalue weighted by atomic mass is 35.5. The Kier molecular flexibility index (Phi) is 8.65. The summed E-state index contributed by atoms with van der Waals surface area (Å²) in [7, 11) is 5.37. The van der Waals surface area contributed by atoms with Crippen LogP contribution in [0.5, 0.6) is 11.5 Å². The predicted octanol–water partition coefficient (Wildman–Crippen LogP) is 5.83. The van der Waals surface area contributed by atoms with Crippen molar-refractivity contribution in [2.45, 2.75) is 6.42 Å². The predicted molar refractivity (Wildman–Crippen MR) is 149 cm³/mol. The summed E-state index contributed by atoms with van der Waals surface area (Å²) in [6.07, 6.45) is 1.04. The van der Waals surface area contributed by atoms with E-state index in [-0.39, 0.29) is 0 Å². The normalized spacial score (nSPS) is 14.4. The molecule has 4 rings (SSSR count). The third-order valence-electron chi connectivity index (χ3n) is 6.52. The van der Waals surface area contributed by atoms with E-state index in [4.69, 9.17) is 32.7 Å². The minimum absolute atomic E-state index is 0.413. The van der Waals surface area contributed by atoms with Crippen molar-refractivity contribution < 1.29 is 9.47 Å². The Balaban J connectivity index is 1.57. The number of nitrogens with zero attached hydrogens (tertiary/aromatic N) is 3. The molecule has 3 aromatic carbocycles. The Labute approximate surface area is 222 Å². The molecule has 9 heteroatoms. The SMILES string of the molecule is COc1cc(Nc2c(C#N)ccc3cc(NCCCN4CCN(C)CC4)c(OC)cc23)c(Cl)cc1Cl. The summed E-state index contributed by atoms with van der Waals surface area (Å²) < 4.78 is 11.1. The molecule has 1 saturated heterocycles. The van der Waals surface area contributed by atoms with Crippen LogP contribution in [0, 0.1) is 11.3 Å². The highest BCUT2D eigenvalue weighted by Crippen LogP contribution is 2.40. The zero-order chi connectivity index (χ0) is 25.7. The lowest BCUT2D eigenvalue weighted by molar-refractivity contribution is 0.154. The second-order valence-corrected chi connectivity index (χ2v) is 9.70. The van der Waals surface area contributed by atoms with Crippen LogP contribution in [0.4, 0.5) is 17.1 Å². The number of nitrogens with one attached hydrogen (secondary N) is 2. The maximum absolute atomic E-state index is 9.80. The molecule has 190 valence electrons. The molecule has 1 aliphatic heterocycles. The van der Waals surface area contributed by atoms with Crippen molar-refractivity contribution in [2.24, 2.45) is 0 Å². The lowest BCUT2D eigenvalue weighted by Gasteiger charge is -2.32. The van der Waals surface area contributed by atoms with Gasteiger partial charge in [-0.3, -0.25) is 0 Å². The van der Waals surface area contributed by atoms with Gasteiger partial charge in [-0.05, 0) is 49.7 Å². The van der Waals surface area contributed by atoms with Crippen molar-refractivity contribution in [2.75, 3.05) is 71.2 Å². The van der Waals surface area contributed by atoms with E-state index in [2.05, 4.69) is 39.6 Å². The second-order valence-electron chi connectivity index (χ2n) is 8.89. The van der Waals surface area contributed by atoms with E-state index in [1.165, 1.54) is 0 Å². The van der Waals surface area contributed by atoms with Gasteiger partial charge in [0, 0.05) is 44.2 Å². The van der Waals surface area contributed by atoms with Crippen molar-refractivity contribution in [1.82, 2.24) is 9.80 Å². The van der Waals surface area contributed by atoms with Gasteiger partial charge in [-0.15, -0.1) is 0 Å². The molecule has 0 atom stereocenters. The molecule has 2 N–H and O–H groups in total. The van der Waals surface area contributed by atoms with Gasteiger partial charge < -0.3 is 29.9 Å². The summed E-state index contributed by atoms with van der Waals surface area (Å²) in [6.45, 7) is 6.41. The van der Waals surface area contributed by atoms with Gasteiger partial charge in [0.2, 0.25) is 0 Å². The monoisotopic (exact) mass is 527 g/mol. The van der Waals surface area contributed by atoms with Crippen LogP contribution in [-0.4, -0.2) is 70.3 Å². The zero-order valence-electron chi connectivity index (χ0n) is 20.8. The summed E-state index contributed by atoms with van der Waals surface area (Å²) in [5.74, 6) is 1.20. The van der Waals surface area contributed by atoms with E-state index in [0.29, 0.717) is 38.5 Å². The van der Waals surface area contributed by atoms with Gasteiger partial charge in [0.25, 0.3) is 0 Å². The second kappa shape index (κ2) is 11.9. The first-order chi connectivity index (χ1) is 17.4. The topological polar surface area (TPSA) is 72.8 Å². The van der Waals surface area contributed by atoms with E-state index in [9.17, 15) is 5.26 Å². The molecule has 1 aliphatic rings. The summed E-state index contributed by atoms with van der Waals surface area (Å²) in [6, 6.07) is 13.4. The van der Waals surface area contributed by atoms with Crippen molar-refractivity contribution >= 4 is 51.0 Å². The number of nitriles is 1. The lowest BCUT2D eigenvalue weighted by Crippen LogP contribution is -2.44. The molecule has 36 heavy (non-hydrogen) atoms. The number of hydrogen-bond donors (Lipinski definition) is 2. The minimum atomic E-state index is 0.413. The number of methoxy groups -OCH3 is 2. The average molecular weight is 528 g/mol. The van der Waals surface area contributed by atoms with Gasteiger partial charge >= 0.3 is 0 Å². The minimum Gasteiger partial charge on any atom is -0.495 e. The Morgan fingerprint density at radius 1 is 0.944 bits per heavy atom. The first-order valence-electron chi connectivity index (χ1n) is 11.9. The summed E-state index contributed by atoms with van der Waals surface area (Å²) >= 11 is 12.6. The maximum atomic E-state index is 9.80. The first kappa shape index (κ1) is 26.2. The highest BCUT2D eigenvalue weighted by Gasteiger charge is 2.16. The Morgan fingerprint density at radius 2 is 1.69 bits per heavy atom. The number of likely N-dealkylation sites (N-methyl/N-ethyl adjacent to an activating group) is 1. The summed E-state index contributed by atoms with van der Waals surface area (Å²) in [5, 5.41) is 19.3. The fourth-order valence-corrected chi connectivity index (χ4v) is 4.91.